The third-order valence-electron chi connectivity index (χ3n) is 22.7. The highest BCUT2D eigenvalue weighted by molar-refractivity contribution is 6.33. The number of phenolic OH excluding ortho intramolecular Hbond substituents is 4. The Hall–Kier alpha value is -11.6. The summed E-state index contributed by atoms with van der Waals surface area (Å²) in [6.45, 7) is 3.61. The summed E-state index contributed by atoms with van der Waals surface area (Å²) < 4.78 is 44.5. The van der Waals surface area contributed by atoms with Gasteiger partial charge in [-0.2, -0.15) is 0 Å². The first-order valence-electron chi connectivity index (χ1n) is 41.5. The summed E-state index contributed by atoms with van der Waals surface area (Å²) >= 11 is 14.3. The van der Waals surface area contributed by atoms with Crippen molar-refractivity contribution in [3.63, 3.8) is 0 Å². The van der Waals surface area contributed by atoms with E-state index in [0.717, 1.165) is 105 Å². The number of nitrogens with one attached hydrogen (secondary N) is 9. The molecule has 15 rings (SSSR count). The van der Waals surface area contributed by atoms with Crippen LogP contribution in [0.5, 0.6) is 69.0 Å². The molecule has 18 atom stereocenters. The van der Waals surface area contributed by atoms with Gasteiger partial charge in [-0.3, -0.25) is 38.4 Å². The van der Waals surface area contributed by atoms with Crippen molar-refractivity contribution >= 4 is 88.8 Å². The van der Waals surface area contributed by atoms with E-state index in [9.17, 15) is 75.7 Å². The summed E-state index contributed by atoms with van der Waals surface area (Å²) in [7, 11) is 4.95. The number of aliphatic hydroxyl groups is 7. The van der Waals surface area contributed by atoms with Crippen LogP contribution in [0, 0.1) is 5.92 Å². The molecule has 21 N–H and O–H groups in total. The Morgan fingerprint density at radius 3 is 1.90 bits per heavy atom. The van der Waals surface area contributed by atoms with Crippen molar-refractivity contribution in [2.75, 3.05) is 40.8 Å². The highest BCUT2D eigenvalue weighted by Crippen LogP contribution is 2.51. The van der Waals surface area contributed by atoms with Crippen LogP contribution in [0.4, 0.5) is 0 Å². The maximum atomic E-state index is 16.8. The van der Waals surface area contributed by atoms with Gasteiger partial charge in [0.15, 0.2) is 29.1 Å². The number of phenols is 4. The molecule has 2 fully saturated rings. The smallest absolute Gasteiger partial charge is 0.335 e. The number of halogens is 3. The molecule has 8 heterocycles. The molecule has 0 saturated carbocycles. The normalized spacial score (nSPS) is 25.6. The zero-order chi connectivity index (χ0) is 92.0. The van der Waals surface area contributed by atoms with Gasteiger partial charge in [-0.15, -0.1) is 12.4 Å². The van der Waals surface area contributed by atoms with Gasteiger partial charge in [0.25, 0.3) is 0 Å². The van der Waals surface area contributed by atoms with Crippen LogP contribution in [-0.2, 0) is 59.0 Å². The van der Waals surface area contributed by atoms with Crippen molar-refractivity contribution in [1.82, 2.24) is 52.8 Å². The van der Waals surface area contributed by atoms with E-state index in [1.807, 2.05) is 0 Å². The highest BCUT2D eigenvalue weighted by Gasteiger charge is 2.52. The van der Waals surface area contributed by atoms with Gasteiger partial charge < -0.3 is 147 Å². The number of aromatic hydroxyl groups is 4. The topological polar surface area (TPSA) is 573 Å². The maximum Gasteiger partial charge on any atom is 0.335 e. The number of carbonyl (C=O) groups is 9. The van der Waals surface area contributed by atoms with Gasteiger partial charge in [0, 0.05) is 48.2 Å². The van der Waals surface area contributed by atoms with Crippen molar-refractivity contribution in [2.45, 2.75) is 188 Å². The fourth-order valence-corrected chi connectivity index (χ4v) is 16.4. The fourth-order valence-electron chi connectivity index (χ4n) is 15.9. The largest absolute Gasteiger partial charge is 0.508 e. The first-order valence-corrected chi connectivity index (χ1v) is 42.3. The molecule has 7 aromatic carbocycles. The molecule has 0 radical (unpaired) electrons. The Balaban J connectivity index is 0.0000151. The summed E-state index contributed by atoms with van der Waals surface area (Å²) in [4.78, 5) is 140. The van der Waals surface area contributed by atoms with Gasteiger partial charge in [0.1, 0.15) is 131 Å². The van der Waals surface area contributed by atoms with Crippen molar-refractivity contribution in [2.24, 2.45) is 5.92 Å². The number of unbranched alkanes of at least 4 members (excludes halogenated alkanes) is 5. The number of fused-ring (bicyclic) bond motifs is 14. The summed E-state index contributed by atoms with van der Waals surface area (Å²) in [5.41, 5.74) is -2.68. The molecule has 7 aromatic rings. The van der Waals surface area contributed by atoms with Crippen molar-refractivity contribution < 1.29 is 138 Å². The van der Waals surface area contributed by atoms with Crippen LogP contribution in [0.25, 0.3) is 11.1 Å². The number of likely N-dealkylation sites (N-methyl/N-ethyl adjacent to an activating group) is 1. The highest BCUT2D eigenvalue weighted by atomic mass is 35.5. The monoisotopic (exact) mass is 1850 g/mol. The quantitative estimate of drug-likeness (QED) is 0.0413. The van der Waals surface area contributed by atoms with Crippen LogP contribution < -0.4 is 71.5 Å². The average Bonchev–Trinajstić information content (AvgIpc) is 0.752. The molecule has 41 heteroatoms. The summed E-state index contributed by atoms with van der Waals surface area (Å²) in [5.74, 6) is -17.5. The predicted octanol–water partition coefficient (Wildman–Crippen LogP) is 4.59. The van der Waals surface area contributed by atoms with E-state index in [1.165, 1.54) is 49.5 Å². The van der Waals surface area contributed by atoms with Gasteiger partial charge in [-0.05, 0) is 153 Å². The van der Waals surface area contributed by atoms with E-state index in [2.05, 4.69) is 61.7 Å². The summed E-state index contributed by atoms with van der Waals surface area (Å²) in [6, 6.07) is 5.68. The van der Waals surface area contributed by atoms with Crippen molar-refractivity contribution in [1.29, 1.82) is 0 Å². The zero-order valence-electron chi connectivity index (χ0n) is 70.1. The second-order valence-corrected chi connectivity index (χ2v) is 33.5. The third kappa shape index (κ3) is 22.0. The van der Waals surface area contributed by atoms with Crippen LogP contribution in [0.3, 0.4) is 0 Å². The van der Waals surface area contributed by atoms with Gasteiger partial charge in [0.2, 0.25) is 65.6 Å². The van der Waals surface area contributed by atoms with E-state index in [1.54, 1.807) is 19.0 Å². The molecule has 8 amide bonds. The van der Waals surface area contributed by atoms with E-state index < -0.39 is 271 Å². The SMILES string of the molecule is CN[C@@H]1C(=O)N[C@@H]2Cc3ccc(cc3)Oc3cc4cc(c3O[C@@H]3O[C@H](C(=O)O)[C@@H](O)[C@H](O)[C@H]3NC(=O)CCCCCCCCC(C)C)Oc3ccc(cc3Cl)[C@@H](O)[C@@H]3NC(=O)[C@H](NC(=O)[C@@H]4NC(=O)[C@@H](NC2=O)c2cc(cc(O)c2Cl)Oc2cc1ccc2O)c1ccc(O)c(c1)-c1c(O[C@H]2O[C@H](CO)[C@@H](O)[C@H](O)[C@@H]2O)cc(O)cc1C(C(=O)NCCCN(C)C)NC3=O.Cl. The van der Waals surface area contributed by atoms with Gasteiger partial charge in [0.05, 0.1) is 16.7 Å². The molecular weight excluding hydrogens is 1750 g/mol. The number of carbonyl (C=O) groups excluding carboxylic acids is 8. The van der Waals surface area contributed by atoms with E-state index in [0.29, 0.717) is 30.9 Å². The lowest BCUT2D eigenvalue weighted by Crippen LogP contribution is -2.66. The lowest BCUT2D eigenvalue weighted by molar-refractivity contribution is -0.277. The minimum absolute atomic E-state index is 0. The number of benzene rings is 7. The fraction of sp³-hybridized carbons (Fsp3) is 0.420. The number of hydrogen-bond acceptors (Lipinski definition) is 29. The van der Waals surface area contributed by atoms with Gasteiger partial charge in [-0.1, -0.05) is 106 Å². The molecular formula is C88H101Cl3N10O28. The van der Waals surface area contributed by atoms with Crippen molar-refractivity contribution in [3.05, 3.63) is 164 Å². The van der Waals surface area contributed by atoms with Gasteiger partial charge in [-0.25, -0.2) is 4.79 Å². The standard InChI is InChI=1S/C88H100Cl2N10O28.ClH/c1-38(2)13-10-8-6-7-9-11-14-61(106)94-70-73(109)75(111)78(86(120)121)128-87(70)127-77-58-31-43-32-59(77)124-55-24-19-42(29-50(55)89)71(107)69-85(119)98-67(80(114)92-25-12-26-100(4)5)48-33-44(102)34-57(125-88-76(112)74(110)72(108)60(37-101)126-88)62(48)47-28-40(17-22-52(47)103)65(82(116)99-69)95-83(117)66(43)96-84(118)68-49-35-46(36-54(105)63(49)90)123-56-30-41(18-23-53(56)104)64(91-3)81(115)93-51(79(113)97-68)27-39-15-20-45(122-58)21-16-39;/h15-24,28-36,38,51,60,64-76,78,87-88,91,101-105,107-112H,6-14,25-27,37H2,1-5H3,(H,92,114)(H,93,115)(H,94,106)(H,95,117)(H,96,118)(H,97,113)(H,98,119)(H,99,116)(H,120,121);1H/t51-,60-,64+,65-,66-,67?,68+,69+,70-,71-,72-,73-,74+,75+,76+,78+,87-,88+;/m1./s1. The lowest BCUT2D eigenvalue weighted by atomic mass is 9.89. The number of carboxylic acids is 1. The molecule has 8 aliphatic heterocycles. The molecule has 0 aliphatic carbocycles. The molecule has 129 heavy (non-hydrogen) atoms. The van der Waals surface area contributed by atoms with Crippen LogP contribution >= 0.6 is 35.6 Å². The molecule has 17 bridgehead atoms. The number of hydrogen-bond donors (Lipinski definition) is 21. The first kappa shape index (κ1) is 96.5. The molecule has 692 valence electrons. The second-order valence-electron chi connectivity index (χ2n) is 32.7. The maximum absolute atomic E-state index is 16.8. The predicted molar refractivity (Wildman–Crippen MR) is 459 cm³/mol. The Morgan fingerprint density at radius 2 is 1.21 bits per heavy atom. The molecule has 8 aliphatic rings. The second kappa shape index (κ2) is 41.9. The van der Waals surface area contributed by atoms with Gasteiger partial charge >= 0.3 is 5.97 Å². The van der Waals surface area contributed by atoms with Crippen LogP contribution in [-0.4, -0.2) is 234 Å². The minimum atomic E-state index is -2.45. The lowest BCUT2D eigenvalue weighted by Gasteiger charge is -2.41. The van der Waals surface area contributed by atoms with Crippen LogP contribution in [0.2, 0.25) is 10.0 Å². The minimum Gasteiger partial charge on any atom is -0.508 e. The number of aliphatic carboxylic acids is 1. The molecule has 0 aromatic heterocycles. The Bertz CT molecular complexity index is 5350. The molecule has 38 nitrogen and oxygen atoms in total. The number of ether oxygens (including phenoxy) is 7. The molecule has 0 spiro atoms. The van der Waals surface area contributed by atoms with Crippen LogP contribution in [0.15, 0.2) is 115 Å². The first-order chi connectivity index (χ1) is 61.1. The Labute approximate surface area is 754 Å². The molecule has 2 saturated heterocycles. The average molecular weight is 1850 g/mol. The van der Waals surface area contributed by atoms with Crippen LogP contribution in [0.1, 0.15) is 147 Å². The van der Waals surface area contributed by atoms with E-state index in [4.69, 9.17) is 56.4 Å². The summed E-state index contributed by atoms with van der Waals surface area (Å²) in [6.07, 6.45) is -15.8. The number of aliphatic hydroxyl groups excluding tert-OH is 7. The van der Waals surface area contributed by atoms with Crippen molar-refractivity contribution in [3.8, 4) is 80.1 Å². The molecule has 1 unspecified atom stereocenters. The Morgan fingerprint density at radius 1 is 0.566 bits per heavy atom. The number of amides is 8. The number of nitrogens with zero attached hydrogens (tertiary/aromatic N) is 1. The number of carboxylic acid groups (broad SMARTS) is 1. The van der Waals surface area contributed by atoms with E-state index >= 15 is 28.8 Å². The summed E-state index contributed by atoms with van der Waals surface area (Å²) in [5, 5.41) is 161. The van der Waals surface area contributed by atoms with E-state index in [-0.39, 0.29) is 60.2 Å². The third-order valence-corrected chi connectivity index (χ3v) is 23.4. The zero-order valence-corrected chi connectivity index (χ0v) is 72.5. The Kier molecular flexibility index (Phi) is 31.3. The number of rotatable bonds is 22.